The summed E-state index contributed by atoms with van der Waals surface area (Å²) in [6.45, 7) is 1.73. The molecular weight excluding hydrogens is 259 g/mol. The molecule has 1 N–H and O–H groups in total. The van der Waals surface area contributed by atoms with Crippen molar-refractivity contribution in [1.82, 2.24) is 4.98 Å². The number of benzene rings is 1. The maximum atomic E-state index is 12.3. The number of rotatable bonds is 2. The lowest BCUT2D eigenvalue weighted by atomic mass is 10.1. The molecule has 0 radical (unpaired) electrons. The first-order chi connectivity index (χ1) is 8.87. The van der Waals surface area contributed by atoms with Crippen molar-refractivity contribution in [2.75, 3.05) is 0 Å². The largest absolute Gasteiger partial charge is 0.573 e. The minimum Gasteiger partial charge on any atom is -0.405 e. The zero-order valence-electron chi connectivity index (χ0n) is 9.91. The van der Waals surface area contributed by atoms with Crippen molar-refractivity contribution >= 4 is 0 Å². The highest BCUT2D eigenvalue weighted by Gasteiger charge is 2.32. The maximum Gasteiger partial charge on any atom is 0.573 e. The summed E-state index contributed by atoms with van der Waals surface area (Å²) in [4.78, 5) is 14.2. The van der Waals surface area contributed by atoms with Crippen molar-refractivity contribution in [3.8, 4) is 16.9 Å². The van der Waals surface area contributed by atoms with Crippen LogP contribution in [0.25, 0.3) is 11.1 Å². The number of alkyl halides is 3. The number of aromatic amines is 1. The van der Waals surface area contributed by atoms with Gasteiger partial charge >= 0.3 is 6.36 Å². The third kappa shape index (κ3) is 3.15. The van der Waals surface area contributed by atoms with Crippen LogP contribution in [0, 0.1) is 6.92 Å². The molecule has 0 saturated carbocycles. The predicted octanol–water partition coefficient (Wildman–Crippen LogP) is 3.25. The number of nitrogens with one attached hydrogen (secondary N) is 1. The molecule has 19 heavy (non-hydrogen) atoms. The molecule has 0 bridgehead atoms. The van der Waals surface area contributed by atoms with E-state index in [1.165, 1.54) is 30.5 Å². The fourth-order valence-electron chi connectivity index (χ4n) is 1.69. The summed E-state index contributed by atoms with van der Waals surface area (Å²) in [5.74, 6) is -0.397. The number of halogens is 3. The number of H-pyrrole nitrogens is 1. The van der Waals surface area contributed by atoms with Gasteiger partial charge in [-0.05, 0) is 24.6 Å². The Labute approximate surface area is 106 Å². The van der Waals surface area contributed by atoms with E-state index in [9.17, 15) is 18.0 Å². The number of hydrogen-bond acceptors (Lipinski definition) is 2. The van der Waals surface area contributed by atoms with Crippen LogP contribution in [0.3, 0.4) is 0 Å². The molecule has 1 aromatic heterocycles. The van der Waals surface area contributed by atoms with Gasteiger partial charge < -0.3 is 9.72 Å². The molecule has 0 amide bonds. The van der Waals surface area contributed by atoms with E-state index in [0.717, 1.165) is 5.56 Å². The fraction of sp³-hybridized carbons (Fsp3) is 0.154. The van der Waals surface area contributed by atoms with E-state index < -0.39 is 17.7 Å². The van der Waals surface area contributed by atoms with Crippen LogP contribution in [0.2, 0.25) is 0 Å². The highest BCUT2D eigenvalue weighted by molar-refractivity contribution is 5.70. The van der Waals surface area contributed by atoms with Crippen molar-refractivity contribution in [2.24, 2.45) is 0 Å². The monoisotopic (exact) mass is 269 g/mol. The average molecular weight is 269 g/mol. The maximum absolute atomic E-state index is 12.3. The molecule has 2 rings (SSSR count). The molecule has 2 aromatic rings. The molecule has 0 spiro atoms. The van der Waals surface area contributed by atoms with Crippen LogP contribution >= 0.6 is 0 Å². The quantitative estimate of drug-likeness (QED) is 0.909. The summed E-state index contributed by atoms with van der Waals surface area (Å²) >= 11 is 0. The van der Waals surface area contributed by atoms with Crippen LogP contribution in [0.15, 0.2) is 41.3 Å². The van der Waals surface area contributed by atoms with Gasteiger partial charge in [0.15, 0.2) is 0 Å². The molecule has 0 atom stereocenters. The molecule has 100 valence electrons. The van der Waals surface area contributed by atoms with Crippen molar-refractivity contribution in [3.05, 3.63) is 52.4 Å². The fourth-order valence-corrected chi connectivity index (χ4v) is 1.69. The van der Waals surface area contributed by atoms with Crippen molar-refractivity contribution in [1.29, 1.82) is 0 Å². The number of ether oxygens (including phenoxy) is 1. The summed E-state index contributed by atoms with van der Waals surface area (Å²) in [5.41, 5.74) is 0.505. The van der Waals surface area contributed by atoms with Crippen LogP contribution in [0.4, 0.5) is 13.2 Å². The Morgan fingerprint density at radius 2 is 1.84 bits per heavy atom. The first kappa shape index (κ1) is 13.2. The van der Waals surface area contributed by atoms with Crippen molar-refractivity contribution in [2.45, 2.75) is 13.3 Å². The molecule has 1 heterocycles. The number of hydrogen-bond donors (Lipinski definition) is 1. The van der Waals surface area contributed by atoms with Gasteiger partial charge in [0.1, 0.15) is 5.75 Å². The predicted molar refractivity (Wildman–Crippen MR) is 63.9 cm³/mol. The van der Waals surface area contributed by atoms with Crippen molar-refractivity contribution < 1.29 is 17.9 Å². The third-order valence-corrected chi connectivity index (χ3v) is 2.45. The second-order valence-electron chi connectivity index (χ2n) is 3.96. The first-order valence-corrected chi connectivity index (χ1v) is 5.41. The molecular formula is C13H10F3NO2. The summed E-state index contributed by atoms with van der Waals surface area (Å²) in [6, 6.07) is 7.04. The minimum atomic E-state index is -4.80. The van der Waals surface area contributed by atoms with Gasteiger partial charge in [0.2, 0.25) is 0 Å². The molecule has 0 unspecified atom stereocenters. The number of pyridine rings is 1. The number of para-hydroxylation sites is 1. The van der Waals surface area contributed by atoms with E-state index >= 15 is 0 Å². The molecule has 6 heteroatoms. The Bertz CT molecular complexity index is 647. The van der Waals surface area contributed by atoms with Gasteiger partial charge in [-0.2, -0.15) is 0 Å². The van der Waals surface area contributed by atoms with Crippen molar-refractivity contribution in [3.63, 3.8) is 0 Å². The van der Waals surface area contributed by atoms with E-state index in [4.69, 9.17) is 0 Å². The SMILES string of the molecule is Cc1c[nH]c(=O)c(-c2ccccc2OC(F)(F)F)c1. The number of aromatic nitrogens is 1. The summed E-state index contributed by atoms with van der Waals surface area (Å²) in [5, 5.41) is 0. The van der Waals surface area contributed by atoms with Crippen LogP contribution in [0.5, 0.6) is 5.75 Å². The topological polar surface area (TPSA) is 42.1 Å². The van der Waals surface area contributed by atoms with E-state index in [1.807, 2.05) is 0 Å². The standard InChI is InChI=1S/C13H10F3NO2/c1-8-6-10(12(18)17-7-8)9-4-2-3-5-11(9)19-13(14,15)16/h2-7H,1H3,(H,17,18). The Morgan fingerprint density at radius 3 is 2.53 bits per heavy atom. The van der Waals surface area contributed by atoms with Gasteiger partial charge in [-0.3, -0.25) is 4.79 Å². The second kappa shape index (κ2) is 4.79. The van der Waals surface area contributed by atoms with Crippen LogP contribution < -0.4 is 10.3 Å². The lowest BCUT2D eigenvalue weighted by molar-refractivity contribution is -0.274. The van der Waals surface area contributed by atoms with E-state index in [2.05, 4.69) is 9.72 Å². The zero-order valence-corrected chi connectivity index (χ0v) is 9.91. The molecule has 0 fully saturated rings. The average Bonchev–Trinajstić information content (AvgIpc) is 2.31. The summed E-state index contributed by atoms with van der Waals surface area (Å²) in [7, 11) is 0. The number of aryl methyl sites for hydroxylation is 1. The first-order valence-electron chi connectivity index (χ1n) is 5.41. The Kier molecular flexibility index (Phi) is 3.33. The Balaban J connectivity index is 2.56. The van der Waals surface area contributed by atoms with Gasteiger partial charge in [-0.25, -0.2) is 0 Å². The van der Waals surface area contributed by atoms with Gasteiger partial charge in [-0.15, -0.1) is 13.2 Å². The molecule has 0 aliphatic carbocycles. The molecule has 1 aromatic carbocycles. The summed E-state index contributed by atoms with van der Waals surface area (Å²) in [6.07, 6.45) is -3.31. The zero-order chi connectivity index (χ0) is 14.0. The molecule has 3 nitrogen and oxygen atoms in total. The Hall–Kier alpha value is -2.24. The van der Waals surface area contributed by atoms with Gasteiger partial charge in [0.05, 0.1) is 5.56 Å². The lowest BCUT2D eigenvalue weighted by Crippen LogP contribution is -2.18. The smallest absolute Gasteiger partial charge is 0.405 e. The van der Waals surface area contributed by atoms with E-state index in [-0.39, 0.29) is 11.1 Å². The highest BCUT2D eigenvalue weighted by Crippen LogP contribution is 2.32. The van der Waals surface area contributed by atoms with Crippen LogP contribution in [0.1, 0.15) is 5.56 Å². The van der Waals surface area contributed by atoms with Gasteiger partial charge in [-0.1, -0.05) is 18.2 Å². The molecule has 0 saturated heterocycles. The van der Waals surface area contributed by atoms with Crippen LogP contribution in [-0.4, -0.2) is 11.3 Å². The molecule has 0 aliphatic rings. The van der Waals surface area contributed by atoms with E-state index in [1.54, 1.807) is 13.0 Å². The Morgan fingerprint density at radius 1 is 1.16 bits per heavy atom. The van der Waals surface area contributed by atoms with E-state index in [0.29, 0.717) is 0 Å². The normalized spacial score (nSPS) is 11.4. The minimum absolute atomic E-state index is 0.102. The molecule has 0 aliphatic heterocycles. The third-order valence-electron chi connectivity index (χ3n) is 2.45. The summed E-state index contributed by atoms with van der Waals surface area (Å²) < 4.78 is 40.9. The van der Waals surface area contributed by atoms with Gasteiger partial charge in [0, 0.05) is 11.8 Å². The lowest BCUT2D eigenvalue weighted by Gasteiger charge is -2.12. The van der Waals surface area contributed by atoms with Crippen LogP contribution in [-0.2, 0) is 0 Å². The highest BCUT2D eigenvalue weighted by atomic mass is 19.4. The second-order valence-corrected chi connectivity index (χ2v) is 3.96. The van der Waals surface area contributed by atoms with Gasteiger partial charge in [0.25, 0.3) is 5.56 Å².